The van der Waals surface area contributed by atoms with E-state index in [2.05, 4.69) is 93.6 Å². The van der Waals surface area contributed by atoms with Gasteiger partial charge in [0.25, 0.3) is 0 Å². The van der Waals surface area contributed by atoms with E-state index < -0.39 is 0 Å². The number of hydrogen-bond donors (Lipinski definition) is 0. The van der Waals surface area contributed by atoms with Crippen molar-refractivity contribution >= 4 is 72.4 Å². The Hall–Kier alpha value is -1.77. The van der Waals surface area contributed by atoms with E-state index in [1.54, 1.807) is 0 Å². The molecule has 0 saturated heterocycles. The average Bonchev–Trinajstić information content (AvgIpc) is 2.73. The first kappa shape index (κ1) is 21.5. The summed E-state index contributed by atoms with van der Waals surface area (Å²) in [6.45, 7) is 6.35. The molecule has 0 amide bonds. The molecule has 0 unspecified atom stereocenters. The Kier molecular flexibility index (Phi) is 7.17. The van der Waals surface area contributed by atoms with Crippen molar-refractivity contribution in [3.8, 4) is 0 Å². The van der Waals surface area contributed by atoms with Crippen LogP contribution in [-0.4, -0.2) is 59.8 Å². The fourth-order valence-corrected chi connectivity index (χ4v) is 8.17. The molecular weight excluding hydrogens is 567 g/mol. The van der Waals surface area contributed by atoms with E-state index in [4.69, 9.17) is 15.0 Å². The molecule has 1 heterocycles. The molecule has 6 heteroatoms. The van der Waals surface area contributed by atoms with Crippen molar-refractivity contribution in [1.29, 1.82) is 0 Å². The topological polar surface area (TPSA) is 38.7 Å². The van der Waals surface area contributed by atoms with E-state index in [9.17, 15) is 0 Å². The molecule has 4 rings (SSSR count). The molecule has 3 nitrogen and oxygen atoms in total. The summed E-state index contributed by atoms with van der Waals surface area (Å²) in [5.74, 6) is 0. The second kappa shape index (κ2) is 10.0. The van der Waals surface area contributed by atoms with Gasteiger partial charge in [-0.05, 0) is 0 Å². The molecule has 4 aromatic rings. The van der Waals surface area contributed by atoms with Gasteiger partial charge in [-0.15, -0.1) is 0 Å². The van der Waals surface area contributed by atoms with Crippen LogP contribution in [0.15, 0.2) is 72.8 Å². The maximum absolute atomic E-state index is 4.87. The molecule has 0 aliphatic rings. The standard InChI is InChI=1S/C24H21N3Se3/c1-16-4-10-19(11-5-16)28-22-25-23(29-20-12-6-17(2)7-13-20)27-24(26-22)30-21-14-8-18(3)9-15-21/h4-15H,1-3H3. The third kappa shape index (κ3) is 6.12. The van der Waals surface area contributed by atoms with Crippen molar-refractivity contribution in [2.45, 2.75) is 20.8 Å². The van der Waals surface area contributed by atoms with Gasteiger partial charge in [0, 0.05) is 0 Å². The fraction of sp³-hybridized carbons (Fsp3) is 0.125. The van der Waals surface area contributed by atoms with Gasteiger partial charge in [-0.2, -0.15) is 0 Å². The zero-order chi connectivity index (χ0) is 20.9. The van der Waals surface area contributed by atoms with Gasteiger partial charge in [0.1, 0.15) is 0 Å². The third-order valence-corrected chi connectivity index (χ3v) is 9.76. The average molecular weight is 588 g/mol. The Balaban J connectivity index is 1.64. The van der Waals surface area contributed by atoms with Crippen LogP contribution in [0.1, 0.15) is 16.7 Å². The number of aryl methyl sites for hydroxylation is 3. The van der Waals surface area contributed by atoms with Crippen molar-refractivity contribution in [1.82, 2.24) is 15.0 Å². The van der Waals surface area contributed by atoms with Crippen molar-refractivity contribution < 1.29 is 0 Å². The van der Waals surface area contributed by atoms with Crippen LogP contribution >= 0.6 is 0 Å². The summed E-state index contributed by atoms with van der Waals surface area (Å²) < 4.78 is 6.66. The third-order valence-electron chi connectivity index (χ3n) is 4.26. The van der Waals surface area contributed by atoms with E-state index in [0.717, 1.165) is 14.2 Å². The van der Waals surface area contributed by atoms with Crippen LogP contribution in [0.4, 0.5) is 0 Å². The van der Waals surface area contributed by atoms with Gasteiger partial charge in [0.2, 0.25) is 0 Å². The summed E-state index contributed by atoms with van der Waals surface area (Å²) in [6.07, 6.45) is 0. The molecule has 0 atom stereocenters. The Morgan fingerprint density at radius 2 is 0.633 bits per heavy atom. The van der Waals surface area contributed by atoms with Crippen LogP contribution in [0.3, 0.4) is 0 Å². The van der Waals surface area contributed by atoms with Gasteiger partial charge in [-0.1, -0.05) is 0 Å². The minimum absolute atomic E-state index is 0.0762. The van der Waals surface area contributed by atoms with Crippen LogP contribution in [0.5, 0.6) is 0 Å². The molecule has 0 radical (unpaired) electrons. The van der Waals surface area contributed by atoms with Crippen LogP contribution in [-0.2, 0) is 0 Å². The SMILES string of the molecule is Cc1ccc([Se]c2nc([Se]c3ccc(C)cc3)nc([Se]c3ccc(C)cc3)n2)cc1. The Morgan fingerprint density at radius 3 is 0.867 bits per heavy atom. The van der Waals surface area contributed by atoms with Crippen LogP contribution in [0, 0.1) is 20.8 Å². The van der Waals surface area contributed by atoms with Crippen molar-refractivity contribution in [2.75, 3.05) is 0 Å². The Morgan fingerprint density at radius 1 is 0.400 bits per heavy atom. The summed E-state index contributed by atoms with van der Waals surface area (Å²) in [7, 11) is 0. The van der Waals surface area contributed by atoms with Crippen LogP contribution in [0.25, 0.3) is 0 Å². The monoisotopic (exact) mass is 591 g/mol. The molecule has 0 aliphatic carbocycles. The first-order valence-corrected chi connectivity index (χ1v) is 14.7. The quantitative estimate of drug-likeness (QED) is 0.293. The molecule has 3 aromatic carbocycles. The van der Waals surface area contributed by atoms with Gasteiger partial charge in [-0.3, -0.25) is 0 Å². The Labute approximate surface area is 196 Å². The Bertz CT molecular complexity index is 967. The molecule has 0 fully saturated rings. The normalized spacial score (nSPS) is 10.9. The molecule has 30 heavy (non-hydrogen) atoms. The molecule has 1 aromatic heterocycles. The summed E-state index contributed by atoms with van der Waals surface area (Å²) in [4.78, 5) is 14.6. The van der Waals surface area contributed by atoms with Crippen LogP contribution < -0.4 is 27.6 Å². The maximum atomic E-state index is 4.87. The van der Waals surface area contributed by atoms with Gasteiger partial charge in [-0.25, -0.2) is 0 Å². The second-order valence-electron chi connectivity index (χ2n) is 6.93. The number of benzene rings is 3. The molecular formula is C24H21N3Se3. The summed E-state index contributed by atoms with van der Waals surface area (Å²) in [5, 5.41) is 0. The second-order valence-corrected chi connectivity index (χ2v) is 13.5. The molecule has 0 aliphatic heterocycles. The first-order valence-electron chi connectivity index (χ1n) is 9.53. The summed E-state index contributed by atoms with van der Waals surface area (Å²) in [6, 6.07) is 26.1. The number of nitrogens with zero attached hydrogens (tertiary/aromatic N) is 3. The van der Waals surface area contributed by atoms with E-state index in [0.29, 0.717) is 0 Å². The van der Waals surface area contributed by atoms with Gasteiger partial charge in [0.15, 0.2) is 0 Å². The van der Waals surface area contributed by atoms with E-state index in [1.807, 2.05) is 0 Å². The zero-order valence-corrected chi connectivity index (χ0v) is 22.1. The van der Waals surface area contributed by atoms with Crippen molar-refractivity contribution in [3.05, 3.63) is 89.5 Å². The fourth-order valence-electron chi connectivity index (χ4n) is 2.59. The first-order chi connectivity index (χ1) is 14.5. The van der Waals surface area contributed by atoms with E-state index in [-0.39, 0.29) is 44.9 Å². The van der Waals surface area contributed by atoms with E-state index >= 15 is 0 Å². The van der Waals surface area contributed by atoms with Gasteiger partial charge < -0.3 is 0 Å². The van der Waals surface area contributed by atoms with Crippen molar-refractivity contribution in [3.63, 3.8) is 0 Å². The minimum atomic E-state index is 0.0762. The van der Waals surface area contributed by atoms with Crippen molar-refractivity contribution in [2.24, 2.45) is 0 Å². The predicted octanol–water partition coefficient (Wildman–Crippen LogP) is -0.238. The molecule has 0 spiro atoms. The number of aromatic nitrogens is 3. The summed E-state index contributed by atoms with van der Waals surface area (Å²) >= 11 is 0.229. The molecule has 0 saturated carbocycles. The number of rotatable bonds is 6. The van der Waals surface area contributed by atoms with E-state index in [1.165, 1.54) is 30.1 Å². The molecule has 150 valence electrons. The molecule has 0 bridgehead atoms. The molecule has 0 N–H and O–H groups in total. The van der Waals surface area contributed by atoms with Gasteiger partial charge in [0.05, 0.1) is 0 Å². The zero-order valence-electron chi connectivity index (χ0n) is 17.0. The van der Waals surface area contributed by atoms with Gasteiger partial charge >= 0.3 is 198 Å². The summed E-state index contributed by atoms with van der Waals surface area (Å²) in [5.41, 5.74) is 3.82. The van der Waals surface area contributed by atoms with Crippen LogP contribution in [0.2, 0.25) is 0 Å². The predicted molar refractivity (Wildman–Crippen MR) is 128 cm³/mol. The number of hydrogen-bond acceptors (Lipinski definition) is 3.